The van der Waals surface area contributed by atoms with E-state index in [9.17, 15) is 14.7 Å². The second-order valence-electron chi connectivity index (χ2n) is 9.16. The van der Waals surface area contributed by atoms with E-state index in [2.05, 4.69) is 4.90 Å². The van der Waals surface area contributed by atoms with Crippen molar-refractivity contribution in [3.05, 3.63) is 59.7 Å². The predicted molar refractivity (Wildman–Crippen MR) is 121 cm³/mol. The zero-order chi connectivity index (χ0) is 23.2. The summed E-state index contributed by atoms with van der Waals surface area (Å²) in [6, 6.07) is 14.8. The fourth-order valence-corrected chi connectivity index (χ4v) is 5.35. The molecular weight excluding hydrogens is 422 g/mol. The van der Waals surface area contributed by atoms with E-state index in [1.54, 1.807) is 14.2 Å². The largest absolute Gasteiger partial charge is 0.497 e. The molecule has 8 heteroatoms. The van der Waals surface area contributed by atoms with Gasteiger partial charge >= 0.3 is 0 Å². The number of nitrogens with zero attached hydrogens (tertiary/aromatic N) is 3. The average molecular weight is 452 g/mol. The Hall–Kier alpha value is -2.94. The summed E-state index contributed by atoms with van der Waals surface area (Å²) in [5, 5.41) is 10.3. The van der Waals surface area contributed by atoms with Gasteiger partial charge in [0.15, 0.2) is 0 Å². The van der Waals surface area contributed by atoms with Crippen LogP contribution in [-0.4, -0.2) is 83.2 Å². The first kappa shape index (κ1) is 21.9. The molecule has 2 unspecified atom stereocenters. The molecule has 0 aliphatic carbocycles. The summed E-state index contributed by atoms with van der Waals surface area (Å²) in [5.41, 5.74) is 1.24. The number of piperazine rings is 1. The first-order valence-electron chi connectivity index (χ1n) is 11.2. The Balaban J connectivity index is 1.35. The molecule has 2 amide bonds. The van der Waals surface area contributed by atoms with Gasteiger partial charge in [0.2, 0.25) is 5.91 Å². The Bertz CT molecular complexity index is 1030. The van der Waals surface area contributed by atoms with Crippen LogP contribution < -0.4 is 9.47 Å². The smallest absolute Gasteiger partial charge is 0.252 e. The minimum absolute atomic E-state index is 0.167. The van der Waals surface area contributed by atoms with Crippen molar-refractivity contribution in [1.82, 2.24) is 14.7 Å². The van der Waals surface area contributed by atoms with Crippen molar-refractivity contribution >= 4 is 11.8 Å². The minimum atomic E-state index is -0.769. The number of methoxy groups -OCH3 is 2. The molecule has 2 aromatic carbocycles. The Morgan fingerprint density at radius 1 is 0.909 bits per heavy atom. The van der Waals surface area contributed by atoms with Crippen LogP contribution in [0.5, 0.6) is 11.5 Å². The third-order valence-electron chi connectivity index (χ3n) is 7.06. The highest BCUT2D eigenvalue weighted by molar-refractivity contribution is 6.06. The number of amides is 2. The van der Waals surface area contributed by atoms with Crippen molar-refractivity contribution in [2.75, 3.05) is 33.9 Å². The normalized spacial score (nSPS) is 24.6. The number of imide groups is 1. The maximum absolute atomic E-state index is 13.7. The number of carbonyl (C=O) groups is 2. The van der Waals surface area contributed by atoms with Gasteiger partial charge in [-0.25, -0.2) is 0 Å². The third-order valence-corrected chi connectivity index (χ3v) is 7.06. The Morgan fingerprint density at radius 3 is 2.00 bits per heavy atom. The maximum Gasteiger partial charge on any atom is 0.252 e. The van der Waals surface area contributed by atoms with Crippen LogP contribution >= 0.6 is 0 Å². The van der Waals surface area contributed by atoms with Gasteiger partial charge in [-0.2, -0.15) is 0 Å². The molecule has 0 saturated carbocycles. The van der Waals surface area contributed by atoms with Crippen molar-refractivity contribution in [1.29, 1.82) is 0 Å². The van der Waals surface area contributed by atoms with E-state index in [4.69, 9.17) is 9.47 Å². The highest BCUT2D eigenvalue weighted by atomic mass is 16.5. The van der Waals surface area contributed by atoms with E-state index in [-0.39, 0.29) is 18.4 Å². The number of likely N-dealkylation sites (tertiary alicyclic amines) is 1. The molecule has 3 aliphatic rings. The molecule has 1 N–H and O–H groups in total. The molecule has 3 fully saturated rings. The Kier molecular flexibility index (Phi) is 5.60. The number of ether oxygens (including phenoxy) is 2. The summed E-state index contributed by atoms with van der Waals surface area (Å²) >= 11 is 0. The minimum Gasteiger partial charge on any atom is -0.497 e. The van der Waals surface area contributed by atoms with Gasteiger partial charge in [-0.15, -0.1) is 0 Å². The van der Waals surface area contributed by atoms with Crippen LogP contribution in [0.25, 0.3) is 0 Å². The zero-order valence-electron chi connectivity index (χ0n) is 18.9. The van der Waals surface area contributed by atoms with Crippen molar-refractivity contribution in [3.8, 4) is 11.5 Å². The molecule has 2 atom stereocenters. The second-order valence-corrected chi connectivity index (χ2v) is 9.16. The van der Waals surface area contributed by atoms with Gasteiger partial charge in [0.25, 0.3) is 5.91 Å². The maximum atomic E-state index is 13.7. The molecule has 2 aromatic rings. The molecule has 0 radical (unpaired) electrons. The summed E-state index contributed by atoms with van der Waals surface area (Å²) in [6.45, 7) is 2.37. The van der Waals surface area contributed by atoms with E-state index in [0.29, 0.717) is 32.6 Å². The van der Waals surface area contributed by atoms with Gasteiger partial charge < -0.3 is 14.6 Å². The number of aliphatic hydroxyl groups is 1. The quantitative estimate of drug-likeness (QED) is 0.662. The van der Waals surface area contributed by atoms with E-state index in [1.807, 2.05) is 53.4 Å². The predicted octanol–water partition coefficient (Wildman–Crippen LogP) is 1.26. The first-order chi connectivity index (χ1) is 15.9. The van der Waals surface area contributed by atoms with Crippen LogP contribution in [0.4, 0.5) is 0 Å². The van der Waals surface area contributed by atoms with Crippen molar-refractivity contribution in [2.45, 2.75) is 37.2 Å². The summed E-state index contributed by atoms with van der Waals surface area (Å²) in [7, 11) is 3.24. The molecule has 0 aromatic heterocycles. The number of hydrogen-bond donors (Lipinski definition) is 1. The standard InChI is InChI=1S/C25H29N3O5/c1-32-20-7-3-17(4-8-20)12-26-15-25(16-26)24(31)27(13-18-5-9-21(33-2)10-6-18)23(30)22-11-19(29)14-28(22)25/h3-10,19,22,29H,11-16H2,1-2H3. The van der Waals surface area contributed by atoms with Gasteiger partial charge in [-0.1, -0.05) is 24.3 Å². The van der Waals surface area contributed by atoms with Crippen LogP contribution in [0, 0.1) is 0 Å². The fourth-order valence-electron chi connectivity index (χ4n) is 5.35. The van der Waals surface area contributed by atoms with Gasteiger partial charge in [0.05, 0.1) is 32.9 Å². The molecule has 3 heterocycles. The van der Waals surface area contributed by atoms with Crippen LogP contribution in [0.2, 0.25) is 0 Å². The molecule has 8 nitrogen and oxygen atoms in total. The number of hydrogen-bond acceptors (Lipinski definition) is 7. The number of β-amino-alcohol motifs (C(OH)–C–C–N with tert-alkyl or cyclic N) is 1. The van der Waals surface area contributed by atoms with E-state index < -0.39 is 17.7 Å². The lowest BCUT2D eigenvalue weighted by molar-refractivity contribution is -0.181. The first-order valence-corrected chi connectivity index (χ1v) is 11.2. The lowest BCUT2D eigenvalue weighted by Gasteiger charge is -2.58. The van der Waals surface area contributed by atoms with Gasteiger partial charge in [0.1, 0.15) is 17.0 Å². The SMILES string of the molecule is COc1ccc(CN2CC3(C2)C(=O)N(Cc2ccc(OC)cc2)C(=O)C2CC(O)CN23)cc1. The second kappa shape index (κ2) is 8.44. The lowest BCUT2D eigenvalue weighted by atomic mass is 9.82. The third kappa shape index (κ3) is 3.78. The van der Waals surface area contributed by atoms with Crippen LogP contribution in [-0.2, 0) is 22.7 Å². The number of carbonyl (C=O) groups excluding carboxylic acids is 2. The molecule has 174 valence electrons. The number of fused-ring (bicyclic) bond motifs is 2. The van der Waals surface area contributed by atoms with Crippen molar-refractivity contribution in [3.63, 3.8) is 0 Å². The van der Waals surface area contributed by atoms with Crippen molar-refractivity contribution < 1.29 is 24.2 Å². The zero-order valence-corrected chi connectivity index (χ0v) is 18.9. The summed E-state index contributed by atoms with van der Waals surface area (Å²) in [5.74, 6) is 1.15. The van der Waals surface area contributed by atoms with Gasteiger partial charge in [0, 0.05) is 26.2 Å². The average Bonchev–Trinajstić information content (AvgIpc) is 3.21. The highest BCUT2D eigenvalue weighted by Gasteiger charge is 2.64. The molecular formula is C25H29N3O5. The van der Waals surface area contributed by atoms with E-state index in [1.165, 1.54) is 4.90 Å². The van der Waals surface area contributed by atoms with Crippen LogP contribution in [0.3, 0.4) is 0 Å². The van der Waals surface area contributed by atoms with E-state index >= 15 is 0 Å². The van der Waals surface area contributed by atoms with Crippen LogP contribution in [0.15, 0.2) is 48.5 Å². The van der Waals surface area contributed by atoms with Crippen molar-refractivity contribution in [2.24, 2.45) is 0 Å². The molecule has 3 aliphatic heterocycles. The molecule has 5 rings (SSSR count). The molecule has 0 bridgehead atoms. The topological polar surface area (TPSA) is 82.5 Å². The fraction of sp³-hybridized carbons (Fsp3) is 0.440. The Labute approximate surface area is 193 Å². The molecule has 33 heavy (non-hydrogen) atoms. The van der Waals surface area contributed by atoms with Gasteiger partial charge in [-0.05, 0) is 41.8 Å². The van der Waals surface area contributed by atoms with Gasteiger partial charge in [-0.3, -0.25) is 24.3 Å². The highest BCUT2D eigenvalue weighted by Crippen LogP contribution is 2.41. The number of aliphatic hydroxyl groups excluding tert-OH is 1. The van der Waals surface area contributed by atoms with Crippen LogP contribution in [0.1, 0.15) is 17.5 Å². The molecule has 1 spiro atoms. The number of benzene rings is 2. The summed E-state index contributed by atoms with van der Waals surface area (Å²) < 4.78 is 10.4. The Morgan fingerprint density at radius 2 is 1.45 bits per heavy atom. The molecule has 3 saturated heterocycles. The van der Waals surface area contributed by atoms with E-state index in [0.717, 1.165) is 22.6 Å². The monoisotopic (exact) mass is 451 g/mol. The summed E-state index contributed by atoms with van der Waals surface area (Å²) in [4.78, 5) is 32.5. The lowest BCUT2D eigenvalue weighted by Crippen LogP contribution is -2.81. The summed E-state index contributed by atoms with van der Waals surface area (Å²) in [6.07, 6.45) is -0.231. The number of rotatable bonds is 6.